The third kappa shape index (κ3) is 7.05. The number of hydrogen-bond donors (Lipinski definition) is 1. The van der Waals surface area contributed by atoms with E-state index in [9.17, 15) is 4.57 Å². The molecule has 128 valence electrons. The monoisotopic (exact) mass is 334 g/mol. The van der Waals surface area contributed by atoms with Crippen LogP contribution < -0.4 is 5.32 Å². The fraction of sp³-hybridized carbons (Fsp3) is 0.714. The quantitative estimate of drug-likeness (QED) is 0.358. The predicted octanol–water partition coefficient (Wildman–Crippen LogP) is 3.02. The molecule has 0 aliphatic rings. The number of phosphoric ester groups is 1. The van der Waals surface area contributed by atoms with Crippen LogP contribution in [0, 0.1) is 0 Å². The molecule has 7 nitrogen and oxygen atoms in total. The largest absolute Gasteiger partial charge is 0.476 e. The van der Waals surface area contributed by atoms with Crippen LogP contribution in [-0.4, -0.2) is 45.3 Å². The summed E-state index contributed by atoms with van der Waals surface area (Å²) in [4.78, 5) is 2.09. The lowest BCUT2D eigenvalue weighted by Crippen LogP contribution is -2.27. The third-order valence-electron chi connectivity index (χ3n) is 2.72. The van der Waals surface area contributed by atoms with Gasteiger partial charge in [-0.25, -0.2) is 4.57 Å². The SMILES string of the molecule is CCOP(=O)(OCC)OC(NCCCN(C)C)c1ccco1. The smallest absolute Gasteiger partial charge is 0.465 e. The van der Waals surface area contributed by atoms with Crippen molar-refractivity contribution in [1.82, 2.24) is 10.2 Å². The maximum Gasteiger partial charge on any atom is 0.476 e. The van der Waals surface area contributed by atoms with E-state index in [4.69, 9.17) is 18.0 Å². The number of rotatable bonds is 12. The van der Waals surface area contributed by atoms with Gasteiger partial charge in [0.25, 0.3) is 0 Å². The van der Waals surface area contributed by atoms with Crippen LogP contribution in [0.4, 0.5) is 0 Å². The van der Waals surface area contributed by atoms with Crippen molar-refractivity contribution in [2.75, 3.05) is 40.4 Å². The van der Waals surface area contributed by atoms with Crippen molar-refractivity contribution in [3.63, 3.8) is 0 Å². The van der Waals surface area contributed by atoms with Crippen molar-refractivity contribution >= 4 is 7.82 Å². The van der Waals surface area contributed by atoms with Crippen molar-refractivity contribution in [3.05, 3.63) is 24.2 Å². The molecule has 1 atom stereocenters. The van der Waals surface area contributed by atoms with Gasteiger partial charge in [-0.3, -0.25) is 18.9 Å². The van der Waals surface area contributed by atoms with Crippen molar-refractivity contribution in [2.45, 2.75) is 26.5 Å². The number of furan rings is 1. The number of nitrogens with one attached hydrogen (secondary N) is 1. The first-order chi connectivity index (χ1) is 10.5. The van der Waals surface area contributed by atoms with Crippen LogP contribution in [0.1, 0.15) is 32.3 Å². The second-order valence-corrected chi connectivity index (χ2v) is 6.52. The van der Waals surface area contributed by atoms with E-state index in [2.05, 4.69) is 10.2 Å². The number of hydrogen-bond acceptors (Lipinski definition) is 7. The summed E-state index contributed by atoms with van der Waals surface area (Å²) in [6.07, 6.45) is 1.78. The van der Waals surface area contributed by atoms with Gasteiger partial charge in [0.15, 0.2) is 6.23 Å². The Morgan fingerprint density at radius 3 is 2.50 bits per heavy atom. The van der Waals surface area contributed by atoms with Crippen molar-refractivity contribution in [3.8, 4) is 0 Å². The molecule has 1 unspecified atom stereocenters. The van der Waals surface area contributed by atoms with E-state index < -0.39 is 14.1 Å². The highest BCUT2D eigenvalue weighted by molar-refractivity contribution is 7.48. The van der Waals surface area contributed by atoms with Gasteiger partial charge in [0.2, 0.25) is 0 Å². The first-order valence-electron chi connectivity index (χ1n) is 7.49. The highest BCUT2D eigenvalue weighted by atomic mass is 31.2. The van der Waals surface area contributed by atoms with E-state index in [1.807, 2.05) is 14.1 Å². The van der Waals surface area contributed by atoms with Crippen LogP contribution in [0.3, 0.4) is 0 Å². The zero-order chi connectivity index (χ0) is 16.4. The molecule has 1 N–H and O–H groups in total. The van der Waals surface area contributed by atoms with E-state index in [0.717, 1.165) is 13.0 Å². The highest BCUT2D eigenvalue weighted by Gasteiger charge is 2.31. The summed E-state index contributed by atoms with van der Waals surface area (Å²) in [5, 5.41) is 3.18. The van der Waals surface area contributed by atoms with Gasteiger partial charge in [-0.1, -0.05) is 0 Å². The molecule has 8 heteroatoms. The number of phosphoric acid groups is 1. The maximum absolute atomic E-state index is 12.5. The summed E-state index contributed by atoms with van der Waals surface area (Å²) < 4.78 is 33.7. The Balaban J connectivity index is 2.67. The van der Waals surface area contributed by atoms with E-state index in [0.29, 0.717) is 12.3 Å². The van der Waals surface area contributed by atoms with E-state index in [-0.39, 0.29) is 13.2 Å². The zero-order valence-electron chi connectivity index (χ0n) is 13.8. The molecule has 0 aliphatic heterocycles. The molecule has 0 spiro atoms. The predicted molar refractivity (Wildman–Crippen MR) is 84.6 cm³/mol. The van der Waals surface area contributed by atoms with Gasteiger partial charge in [0, 0.05) is 0 Å². The molecule has 1 heterocycles. The highest BCUT2D eigenvalue weighted by Crippen LogP contribution is 2.52. The van der Waals surface area contributed by atoms with Crippen LogP contribution >= 0.6 is 7.82 Å². The van der Waals surface area contributed by atoms with Crippen LogP contribution in [0.2, 0.25) is 0 Å². The van der Waals surface area contributed by atoms with Crippen molar-refractivity contribution < 1.29 is 22.6 Å². The third-order valence-corrected chi connectivity index (χ3v) is 4.34. The molecule has 22 heavy (non-hydrogen) atoms. The summed E-state index contributed by atoms with van der Waals surface area (Å²) in [6, 6.07) is 3.51. The Hall–Kier alpha value is -0.690. The molecule has 0 saturated heterocycles. The lowest BCUT2D eigenvalue weighted by atomic mass is 10.3. The van der Waals surface area contributed by atoms with Crippen molar-refractivity contribution in [1.29, 1.82) is 0 Å². The molecule has 0 aromatic carbocycles. The Kier molecular flexibility index (Phi) is 8.93. The molecule has 0 saturated carbocycles. The van der Waals surface area contributed by atoms with Gasteiger partial charge in [-0.05, 0) is 59.6 Å². The zero-order valence-corrected chi connectivity index (χ0v) is 14.7. The summed E-state index contributed by atoms with van der Waals surface area (Å²) in [6.45, 7) is 5.57. The summed E-state index contributed by atoms with van der Waals surface area (Å²) in [5.74, 6) is 0.532. The van der Waals surface area contributed by atoms with E-state index in [1.54, 1.807) is 32.2 Å². The van der Waals surface area contributed by atoms with Crippen LogP contribution in [0.15, 0.2) is 22.8 Å². The van der Waals surface area contributed by atoms with E-state index in [1.165, 1.54) is 0 Å². The average molecular weight is 334 g/mol. The Bertz CT molecular complexity index is 428. The molecule has 0 radical (unpaired) electrons. The average Bonchev–Trinajstić information content (AvgIpc) is 2.96. The van der Waals surface area contributed by atoms with Crippen LogP contribution in [-0.2, 0) is 18.1 Å². The standard InChI is InChI=1S/C14H27N2O5P/c1-5-19-22(17,20-6-2)21-14(13-9-7-12-18-13)15-10-8-11-16(3)4/h7,9,12,14-15H,5-6,8,10-11H2,1-4H3. The van der Waals surface area contributed by atoms with Crippen LogP contribution in [0.25, 0.3) is 0 Å². The van der Waals surface area contributed by atoms with Crippen LogP contribution in [0.5, 0.6) is 0 Å². The second kappa shape index (κ2) is 10.2. The summed E-state index contributed by atoms with van der Waals surface area (Å²) in [7, 11) is 0.408. The molecule has 0 fully saturated rings. The Labute approximate surface area is 132 Å². The lowest BCUT2D eigenvalue weighted by Gasteiger charge is -2.23. The summed E-state index contributed by atoms with van der Waals surface area (Å²) >= 11 is 0. The van der Waals surface area contributed by atoms with Gasteiger partial charge in [-0.2, -0.15) is 0 Å². The topological polar surface area (TPSA) is 73.2 Å². The minimum atomic E-state index is -3.62. The first-order valence-corrected chi connectivity index (χ1v) is 8.95. The molecular formula is C14H27N2O5P. The lowest BCUT2D eigenvalue weighted by molar-refractivity contribution is 0.0563. The molecular weight excluding hydrogens is 307 g/mol. The Morgan fingerprint density at radius 1 is 1.32 bits per heavy atom. The van der Waals surface area contributed by atoms with Gasteiger partial charge in [0.1, 0.15) is 5.76 Å². The fourth-order valence-electron chi connectivity index (χ4n) is 1.80. The molecule has 0 amide bonds. The number of nitrogens with zero attached hydrogens (tertiary/aromatic N) is 1. The molecule has 0 aliphatic carbocycles. The van der Waals surface area contributed by atoms with Gasteiger partial charge < -0.3 is 9.32 Å². The van der Waals surface area contributed by atoms with Gasteiger partial charge in [-0.15, -0.1) is 0 Å². The minimum Gasteiger partial charge on any atom is -0.465 e. The molecule has 1 aromatic rings. The molecule has 0 bridgehead atoms. The minimum absolute atomic E-state index is 0.239. The van der Waals surface area contributed by atoms with Gasteiger partial charge in [0.05, 0.1) is 19.5 Å². The van der Waals surface area contributed by atoms with Gasteiger partial charge >= 0.3 is 7.82 Å². The maximum atomic E-state index is 12.5. The summed E-state index contributed by atoms with van der Waals surface area (Å²) in [5.41, 5.74) is 0. The molecule has 1 aromatic heterocycles. The Morgan fingerprint density at radius 2 is 2.00 bits per heavy atom. The normalized spacial score (nSPS) is 13.7. The van der Waals surface area contributed by atoms with Crippen molar-refractivity contribution in [2.24, 2.45) is 0 Å². The fourth-order valence-corrected chi connectivity index (χ4v) is 3.07. The second-order valence-electron chi connectivity index (χ2n) is 4.89. The first kappa shape index (κ1) is 19.4. The molecule has 1 rings (SSSR count). The van der Waals surface area contributed by atoms with E-state index >= 15 is 0 Å².